The van der Waals surface area contributed by atoms with Gasteiger partial charge >= 0.3 is 0 Å². The lowest BCUT2D eigenvalue weighted by Gasteiger charge is -2.17. The first-order valence-electron chi connectivity index (χ1n) is 6.60. The number of pyridine rings is 1. The fraction of sp³-hybridized carbons (Fsp3) is 0.312. The zero-order chi connectivity index (χ0) is 14.4. The Kier molecular flexibility index (Phi) is 5.39. The van der Waals surface area contributed by atoms with Crippen molar-refractivity contribution in [3.8, 4) is 5.75 Å². The predicted molar refractivity (Wildman–Crippen MR) is 82.3 cm³/mol. The quantitative estimate of drug-likeness (QED) is 0.815. The van der Waals surface area contributed by atoms with Crippen molar-refractivity contribution >= 4 is 11.6 Å². The summed E-state index contributed by atoms with van der Waals surface area (Å²) >= 11 is 6.13. The van der Waals surface area contributed by atoms with E-state index in [0.717, 1.165) is 25.2 Å². The van der Waals surface area contributed by atoms with Crippen LogP contribution in [0.25, 0.3) is 0 Å². The smallest absolute Gasteiger partial charge is 0.137 e. The maximum Gasteiger partial charge on any atom is 0.137 e. The maximum absolute atomic E-state index is 6.13. The van der Waals surface area contributed by atoms with Gasteiger partial charge in [-0.2, -0.15) is 0 Å². The van der Waals surface area contributed by atoms with Gasteiger partial charge in [0.05, 0.1) is 12.1 Å². The third kappa shape index (κ3) is 4.22. The summed E-state index contributed by atoms with van der Waals surface area (Å²) in [5.41, 5.74) is 2.30. The Morgan fingerprint density at radius 2 is 2.10 bits per heavy atom. The number of methoxy groups -OCH3 is 1. The van der Waals surface area contributed by atoms with Crippen LogP contribution in [0.15, 0.2) is 42.6 Å². The summed E-state index contributed by atoms with van der Waals surface area (Å²) in [5, 5.41) is 0.656. The first-order chi connectivity index (χ1) is 9.69. The summed E-state index contributed by atoms with van der Waals surface area (Å²) in [6, 6.07) is 11.9. The third-order valence-electron chi connectivity index (χ3n) is 3.14. The Labute approximate surface area is 125 Å². The summed E-state index contributed by atoms with van der Waals surface area (Å²) in [5.74, 6) is 0.714. The van der Waals surface area contributed by atoms with Gasteiger partial charge in [0.1, 0.15) is 5.75 Å². The Morgan fingerprint density at radius 3 is 2.75 bits per heavy atom. The molecule has 0 unspecified atom stereocenters. The van der Waals surface area contributed by atoms with Crippen LogP contribution in [0.5, 0.6) is 5.75 Å². The number of ether oxygens (including phenoxy) is 1. The largest absolute Gasteiger partial charge is 0.495 e. The minimum atomic E-state index is 0.656. The number of rotatable bonds is 6. The van der Waals surface area contributed by atoms with Crippen molar-refractivity contribution in [2.45, 2.75) is 13.0 Å². The Bertz CT molecular complexity index is 545. The van der Waals surface area contributed by atoms with Crippen LogP contribution < -0.4 is 4.74 Å². The van der Waals surface area contributed by atoms with Gasteiger partial charge in [0.2, 0.25) is 0 Å². The predicted octanol–water partition coefficient (Wildman–Crippen LogP) is 3.42. The zero-order valence-corrected chi connectivity index (χ0v) is 12.6. The molecule has 4 heteroatoms. The van der Waals surface area contributed by atoms with Crippen LogP contribution in [0.4, 0.5) is 0 Å². The van der Waals surface area contributed by atoms with E-state index in [4.69, 9.17) is 16.3 Å². The minimum absolute atomic E-state index is 0.656. The van der Waals surface area contributed by atoms with Crippen molar-refractivity contribution in [2.75, 3.05) is 20.7 Å². The highest BCUT2D eigenvalue weighted by Gasteiger charge is 2.05. The molecule has 0 bridgehead atoms. The summed E-state index contributed by atoms with van der Waals surface area (Å²) in [6.45, 7) is 1.82. The topological polar surface area (TPSA) is 25.4 Å². The Morgan fingerprint density at radius 1 is 1.25 bits per heavy atom. The average molecular weight is 291 g/mol. The molecule has 1 heterocycles. The highest BCUT2D eigenvalue weighted by Crippen LogP contribution is 2.25. The fourth-order valence-corrected chi connectivity index (χ4v) is 2.33. The second-order valence-electron chi connectivity index (χ2n) is 4.78. The molecule has 1 aromatic carbocycles. The number of hydrogen-bond donors (Lipinski definition) is 0. The molecule has 0 saturated heterocycles. The van der Waals surface area contributed by atoms with Gasteiger partial charge in [-0.3, -0.25) is 4.98 Å². The highest BCUT2D eigenvalue weighted by molar-refractivity contribution is 6.32. The van der Waals surface area contributed by atoms with Gasteiger partial charge in [-0.1, -0.05) is 23.7 Å². The molecule has 0 amide bonds. The molecule has 20 heavy (non-hydrogen) atoms. The Hall–Kier alpha value is -1.58. The van der Waals surface area contributed by atoms with E-state index in [1.807, 2.05) is 36.5 Å². The maximum atomic E-state index is 6.13. The van der Waals surface area contributed by atoms with Gasteiger partial charge < -0.3 is 9.64 Å². The Balaban J connectivity index is 1.88. The second-order valence-corrected chi connectivity index (χ2v) is 5.18. The number of likely N-dealkylation sites (N-methyl/N-ethyl adjacent to an activating group) is 1. The lowest BCUT2D eigenvalue weighted by molar-refractivity contribution is 0.329. The normalized spacial score (nSPS) is 10.8. The van der Waals surface area contributed by atoms with Crippen molar-refractivity contribution in [1.82, 2.24) is 9.88 Å². The van der Waals surface area contributed by atoms with Crippen LogP contribution in [0, 0.1) is 0 Å². The first kappa shape index (κ1) is 14.8. The van der Waals surface area contributed by atoms with E-state index in [-0.39, 0.29) is 0 Å². The second kappa shape index (κ2) is 7.27. The molecule has 0 N–H and O–H groups in total. The average Bonchev–Trinajstić information content (AvgIpc) is 2.46. The SMILES string of the molecule is COc1ccc(CN(C)CCc2ccccn2)cc1Cl. The number of nitrogens with zero attached hydrogens (tertiary/aromatic N) is 2. The standard InChI is InChI=1S/C16H19ClN2O/c1-19(10-8-14-5-3-4-9-18-14)12-13-6-7-16(20-2)15(17)11-13/h3-7,9,11H,8,10,12H2,1-2H3. The van der Waals surface area contributed by atoms with E-state index < -0.39 is 0 Å². The van der Waals surface area contributed by atoms with E-state index in [0.29, 0.717) is 10.8 Å². The molecule has 0 radical (unpaired) electrons. The van der Waals surface area contributed by atoms with Gasteiger partial charge in [0.25, 0.3) is 0 Å². The number of benzene rings is 1. The molecule has 1 aromatic heterocycles. The van der Waals surface area contributed by atoms with Crippen molar-refractivity contribution in [2.24, 2.45) is 0 Å². The number of halogens is 1. The number of hydrogen-bond acceptors (Lipinski definition) is 3. The highest BCUT2D eigenvalue weighted by atomic mass is 35.5. The van der Waals surface area contributed by atoms with Crippen LogP contribution in [0.2, 0.25) is 5.02 Å². The van der Waals surface area contributed by atoms with Gasteiger partial charge in [-0.25, -0.2) is 0 Å². The number of aromatic nitrogens is 1. The van der Waals surface area contributed by atoms with Crippen molar-refractivity contribution in [1.29, 1.82) is 0 Å². The zero-order valence-electron chi connectivity index (χ0n) is 11.8. The summed E-state index contributed by atoms with van der Waals surface area (Å²) < 4.78 is 5.16. The van der Waals surface area contributed by atoms with Crippen LogP contribution in [0.1, 0.15) is 11.3 Å². The molecule has 2 aromatic rings. The molecular weight excluding hydrogens is 272 g/mol. The summed E-state index contributed by atoms with van der Waals surface area (Å²) in [4.78, 5) is 6.59. The molecule has 2 rings (SSSR count). The first-order valence-corrected chi connectivity index (χ1v) is 6.97. The molecule has 0 spiro atoms. The van der Waals surface area contributed by atoms with Crippen LogP contribution in [-0.2, 0) is 13.0 Å². The molecule has 0 aliphatic heterocycles. The lowest BCUT2D eigenvalue weighted by Crippen LogP contribution is -2.21. The van der Waals surface area contributed by atoms with Crippen molar-refractivity contribution in [3.63, 3.8) is 0 Å². The molecule has 0 aliphatic rings. The molecule has 0 saturated carbocycles. The van der Waals surface area contributed by atoms with E-state index in [1.54, 1.807) is 7.11 Å². The summed E-state index contributed by atoms with van der Waals surface area (Å²) in [7, 11) is 3.72. The van der Waals surface area contributed by atoms with E-state index >= 15 is 0 Å². The van der Waals surface area contributed by atoms with Crippen molar-refractivity contribution in [3.05, 3.63) is 58.9 Å². The van der Waals surface area contributed by atoms with Gasteiger partial charge in [0, 0.05) is 31.4 Å². The van der Waals surface area contributed by atoms with Gasteiger partial charge in [0.15, 0.2) is 0 Å². The van der Waals surface area contributed by atoms with E-state index in [1.165, 1.54) is 5.56 Å². The fourth-order valence-electron chi connectivity index (χ4n) is 2.05. The van der Waals surface area contributed by atoms with Crippen molar-refractivity contribution < 1.29 is 4.74 Å². The van der Waals surface area contributed by atoms with Gasteiger partial charge in [-0.05, 0) is 36.9 Å². The van der Waals surface area contributed by atoms with Crippen LogP contribution in [-0.4, -0.2) is 30.6 Å². The van der Waals surface area contributed by atoms with Crippen LogP contribution in [0.3, 0.4) is 0 Å². The third-order valence-corrected chi connectivity index (χ3v) is 3.44. The summed E-state index contributed by atoms with van der Waals surface area (Å²) in [6.07, 6.45) is 2.78. The minimum Gasteiger partial charge on any atom is -0.495 e. The van der Waals surface area contributed by atoms with E-state index in [2.05, 4.69) is 23.0 Å². The monoisotopic (exact) mass is 290 g/mol. The van der Waals surface area contributed by atoms with Crippen LogP contribution >= 0.6 is 11.6 Å². The molecular formula is C16H19ClN2O. The lowest BCUT2D eigenvalue weighted by atomic mass is 10.2. The van der Waals surface area contributed by atoms with Gasteiger partial charge in [-0.15, -0.1) is 0 Å². The van der Waals surface area contributed by atoms with E-state index in [9.17, 15) is 0 Å². The molecule has 0 aliphatic carbocycles. The molecule has 0 atom stereocenters. The molecule has 106 valence electrons. The molecule has 0 fully saturated rings. The molecule has 3 nitrogen and oxygen atoms in total.